The van der Waals surface area contributed by atoms with Crippen molar-refractivity contribution >= 4 is 5.97 Å². The van der Waals surface area contributed by atoms with E-state index in [1.54, 1.807) is 0 Å². The molecule has 18 heavy (non-hydrogen) atoms. The normalized spacial score (nSPS) is 26.1. The topological polar surface area (TPSA) is 49.3 Å². The molecule has 1 saturated carbocycles. The standard InChI is InChI=1S/C15H21NO2/c1-14(2)9-6-10-15(14,13(17)18)16-11-12-7-4-3-5-8-12/h3-5,7-8,16H,6,9-11H2,1-2H3,(H,17,18). The van der Waals surface area contributed by atoms with Crippen LogP contribution in [0, 0.1) is 5.41 Å². The second-order valence-corrected chi connectivity index (χ2v) is 5.79. The minimum Gasteiger partial charge on any atom is -0.480 e. The van der Waals surface area contributed by atoms with Gasteiger partial charge in [-0.3, -0.25) is 10.1 Å². The van der Waals surface area contributed by atoms with E-state index in [1.165, 1.54) is 0 Å². The van der Waals surface area contributed by atoms with E-state index in [0.29, 0.717) is 13.0 Å². The molecule has 0 aromatic heterocycles. The Balaban J connectivity index is 2.16. The van der Waals surface area contributed by atoms with E-state index < -0.39 is 11.5 Å². The second-order valence-electron chi connectivity index (χ2n) is 5.79. The van der Waals surface area contributed by atoms with E-state index in [-0.39, 0.29) is 5.41 Å². The molecule has 1 aliphatic carbocycles. The Hall–Kier alpha value is -1.35. The van der Waals surface area contributed by atoms with Gasteiger partial charge >= 0.3 is 5.97 Å². The fourth-order valence-corrected chi connectivity index (χ4v) is 3.00. The molecule has 1 aromatic carbocycles. The molecule has 0 bridgehead atoms. The Morgan fingerprint density at radius 2 is 1.94 bits per heavy atom. The number of aliphatic carboxylic acids is 1. The zero-order chi connectivity index (χ0) is 13.2. The van der Waals surface area contributed by atoms with Crippen molar-refractivity contribution in [2.24, 2.45) is 5.41 Å². The number of rotatable bonds is 4. The predicted octanol–water partition coefficient (Wildman–Crippen LogP) is 2.81. The highest BCUT2D eigenvalue weighted by Crippen LogP contribution is 2.46. The van der Waals surface area contributed by atoms with Gasteiger partial charge in [-0.15, -0.1) is 0 Å². The molecule has 0 radical (unpaired) electrons. The summed E-state index contributed by atoms with van der Waals surface area (Å²) in [6, 6.07) is 9.96. The molecule has 98 valence electrons. The van der Waals surface area contributed by atoms with Gasteiger partial charge in [0, 0.05) is 6.54 Å². The molecule has 1 unspecified atom stereocenters. The average Bonchev–Trinajstić information content (AvgIpc) is 2.64. The highest BCUT2D eigenvalue weighted by Gasteiger charge is 2.54. The van der Waals surface area contributed by atoms with Crippen molar-refractivity contribution in [2.75, 3.05) is 0 Å². The summed E-state index contributed by atoms with van der Waals surface area (Å²) < 4.78 is 0. The van der Waals surface area contributed by atoms with Crippen molar-refractivity contribution in [3.8, 4) is 0 Å². The van der Waals surface area contributed by atoms with E-state index in [1.807, 2.05) is 44.2 Å². The molecule has 0 amide bonds. The maximum Gasteiger partial charge on any atom is 0.324 e. The molecule has 0 spiro atoms. The lowest BCUT2D eigenvalue weighted by Crippen LogP contribution is -2.58. The zero-order valence-corrected chi connectivity index (χ0v) is 11.1. The molecule has 1 aromatic rings. The van der Waals surface area contributed by atoms with Crippen LogP contribution < -0.4 is 5.32 Å². The van der Waals surface area contributed by atoms with Crippen LogP contribution in [0.5, 0.6) is 0 Å². The lowest BCUT2D eigenvalue weighted by Gasteiger charge is -2.38. The largest absolute Gasteiger partial charge is 0.480 e. The molecule has 2 rings (SSSR count). The predicted molar refractivity (Wildman–Crippen MR) is 71.3 cm³/mol. The zero-order valence-electron chi connectivity index (χ0n) is 11.1. The Bertz CT molecular complexity index is 427. The van der Waals surface area contributed by atoms with Gasteiger partial charge in [0.15, 0.2) is 0 Å². The maximum absolute atomic E-state index is 11.7. The molecule has 0 saturated heterocycles. The van der Waals surface area contributed by atoms with E-state index in [4.69, 9.17) is 0 Å². The lowest BCUT2D eigenvalue weighted by molar-refractivity contribution is -0.149. The van der Waals surface area contributed by atoms with Crippen LogP contribution in [0.1, 0.15) is 38.7 Å². The van der Waals surface area contributed by atoms with Gasteiger partial charge in [-0.05, 0) is 23.8 Å². The molecular weight excluding hydrogens is 226 g/mol. The first kappa shape index (κ1) is 13.1. The fourth-order valence-electron chi connectivity index (χ4n) is 3.00. The van der Waals surface area contributed by atoms with Crippen LogP contribution in [0.2, 0.25) is 0 Å². The summed E-state index contributed by atoms with van der Waals surface area (Å²) >= 11 is 0. The summed E-state index contributed by atoms with van der Waals surface area (Å²) in [7, 11) is 0. The van der Waals surface area contributed by atoms with Gasteiger partial charge in [0.25, 0.3) is 0 Å². The smallest absolute Gasteiger partial charge is 0.324 e. The van der Waals surface area contributed by atoms with Crippen LogP contribution in [0.4, 0.5) is 0 Å². The minimum absolute atomic E-state index is 0.201. The molecular formula is C15H21NO2. The minimum atomic E-state index is -0.789. The highest BCUT2D eigenvalue weighted by molar-refractivity contribution is 5.80. The van der Waals surface area contributed by atoms with Gasteiger partial charge in [0.05, 0.1) is 0 Å². The summed E-state index contributed by atoms with van der Waals surface area (Å²) in [5.41, 5.74) is 0.136. The van der Waals surface area contributed by atoms with E-state index in [0.717, 1.165) is 18.4 Å². The summed E-state index contributed by atoms with van der Waals surface area (Å²) in [6.07, 6.45) is 2.64. The molecule has 0 heterocycles. The molecule has 1 atom stereocenters. The quantitative estimate of drug-likeness (QED) is 0.860. The van der Waals surface area contributed by atoms with Crippen molar-refractivity contribution in [3.05, 3.63) is 35.9 Å². The van der Waals surface area contributed by atoms with Crippen molar-refractivity contribution < 1.29 is 9.90 Å². The van der Waals surface area contributed by atoms with E-state index >= 15 is 0 Å². The van der Waals surface area contributed by atoms with Crippen molar-refractivity contribution in [1.29, 1.82) is 0 Å². The van der Waals surface area contributed by atoms with Gasteiger partial charge in [0.1, 0.15) is 5.54 Å². The van der Waals surface area contributed by atoms with Crippen molar-refractivity contribution in [3.63, 3.8) is 0 Å². The third-order valence-electron chi connectivity index (χ3n) is 4.31. The first-order valence-electron chi connectivity index (χ1n) is 6.50. The van der Waals surface area contributed by atoms with Crippen LogP contribution in [-0.2, 0) is 11.3 Å². The number of benzene rings is 1. The Morgan fingerprint density at radius 1 is 1.28 bits per heavy atom. The van der Waals surface area contributed by atoms with Crippen LogP contribution in [-0.4, -0.2) is 16.6 Å². The second kappa shape index (κ2) is 4.73. The van der Waals surface area contributed by atoms with Gasteiger partial charge in [0.2, 0.25) is 0 Å². The molecule has 0 aliphatic heterocycles. The van der Waals surface area contributed by atoms with Crippen LogP contribution >= 0.6 is 0 Å². The van der Waals surface area contributed by atoms with Gasteiger partial charge in [-0.1, -0.05) is 50.6 Å². The Kier molecular flexibility index (Phi) is 3.44. The van der Waals surface area contributed by atoms with E-state index in [9.17, 15) is 9.90 Å². The monoisotopic (exact) mass is 247 g/mol. The Labute approximate surface area is 108 Å². The van der Waals surface area contributed by atoms with Crippen molar-refractivity contribution in [2.45, 2.75) is 45.2 Å². The SMILES string of the molecule is CC1(C)CCCC1(NCc1ccccc1)C(=O)O. The lowest BCUT2D eigenvalue weighted by atomic mass is 9.74. The molecule has 3 heteroatoms. The summed E-state index contributed by atoms with van der Waals surface area (Å²) in [5.74, 6) is -0.721. The first-order valence-corrected chi connectivity index (χ1v) is 6.50. The highest BCUT2D eigenvalue weighted by atomic mass is 16.4. The number of carbonyl (C=O) groups is 1. The van der Waals surface area contributed by atoms with Crippen molar-refractivity contribution in [1.82, 2.24) is 5.32 Å². The number of carboxylic acids is 1. The number of carboxylic acid groups (broad SMARTS) is 1. The number of hydrogen-bond donors (Lipinski definition) is 2. The van der Waals surface area contributed by atoms with Gasteiger partial charge in [-0.2, -0.15) is 0 Å². The third-order valence-corrected chi connectivity index (χ3v) is 4.31. The van der Waals surface area contributed by atoms with Crippen LogP contribution in [0.3, 0.4) is 0 Å². The summed E-state index contributed by atoms with van der Waals surface area (Å²) in [4.78, 5) is 11.7. The van der Waals surface area contributed by atoms with Gasteiger partial charge in [-0.25, -0.2) is 0 Å². The molecule has 1 aliphatic rings. The molecule has 3 nitrogen and oxygen atoms in total. The number of hydrogen-bond acceptors (Lipinski definition) is 2. The van der Waals surface area contributed by atoms with E-state index in [2.05, 4.69) is 5.32 Å². The van der Waals surface area contributed by atoms with Crippen LogP contribution in [0.25, 0.3) is 0 Å². The first-order chi connectivity index (χ1) is 8.48. The average molecular weight is 247 g/mol. The summed E-state index contributed by atoms with van der Waals surface area (Å²) in [5, 5.41) is 12.9. The van der Waals surface area contributed by atoms with Crippen LogP contribution in [0.15, 0.2) is 30.3 Å². The Morgan fingerprint density at radius 3 is 2.44 bits per heavy atom. The maximum atomic E-state index is 11.7. The number of nitrogens with one attached hydrogen (secondary N) is 1. The third kappa shape index (κ3) is 2.15. The summed E-state index contributed by atoms with van der Waals surface area (Å²) in [6.45, 7) is 4.70. The molecule has 1 fully saturated rings. The molecule has 2 N–H and O–H groups in total. The van der Waals surface area contributed by atoms with Gasteiger partial charge < -0.3 is 5.11 Å². The fraction of sp³-hybridized carbons (Fsp3) is 0.533.